The molecule has 0 saturated heterocycles. The van der Waals surface area contributed by atoms with Gasteiger partial charge in [0.15, 0.2) is 5.89 Å². The van der Waals surface area contributed by atoms with Crippen LogP contribution in [0.2, 0.25) is 0 Å². The van der Waals surface area contributed by atoms with Crippen LogP contribution in [0.1, 0.15) is 5.89 Å². The lowest BCUT2D eigenvalue weighted by Gasteiger charge is -2.07. The highest BCUT2D eigenvalue weighted by molar-refractivity contribution is 7.25. The average Bonchev–Trinajstić information content (AvgIpc) is 3.30. The first-order valence-electron chi connectivity index (χ1n) is 8.05. The molecule has 0 unspecified atom stereocenters. The second-order valence-corrected chi connectivity index (χ2v) is 7.83. The fourth-order valence-electron chi connectivity index (χ4n) is 3.08. The Bertz CT molecular complexity index is 1300. The smallest absolute Gasteiger partial charge is 0.357 e. The van der Waals surface area contributed by atoms with Gasteiger partial charge in [0, 0.05) is 12.3 Å². The summed E-state index contributed by atoms with van der Waals surface area (Å²) in [4.78, 5) is 23.5. The lowest BCUT2D eigenvalue weighted by Crippen LogP contribution is -2.00. The monoisotopic (exact) mass is 376 g/mol. The molecule has 0 saturated carbocycles. The summed E-state index contributed by atoms with van der Waals surface area (Å²) in [6.07, 6.45) is 0. The van der Waals surface area contributed by atoms with Gasteiger partial charge >= 0.3 is 5.63 Å². The van der Waals surface area contributed by atoms with Gasteiger partial charge in [0.05, 0.1) is 10.6 Å². The zero-order chi connectivity index (χ0) is 17.7. The minimum absolute atomic E-state index is 0.354. The van der Waals surface area contributed by atoms with Gasteiger partial charge in [0.25, 0.3) is 0 Å². The first kappa shape index (κ1) is 15.4. The lowest BCUT2D eigenvalue weighted by molar-refractivity contribution is 0.468. The molecule has 0 radical (unpaired) electrons. The predicted molar refractivity (Wildman–Crippen MR) is 107 cm³/mol. The van der Waals surface area contributed by atoms with Gasteiger partial charge in [-0.15, -0.1) is 22.7 Å². The van der Waals surface area contributed by atoms with Crippen molar-refractivity contribution in [1.29, 1.82) is 0 Å². The van der Waals surface area contributed by atoms with Gasteiger partial charge in [-0.25, -0.2) is 14.8 Å². The molecule has 0 amide bonds. The highest BCUT2D eigenvalue weighted by Crippen LogP contribution is 2.39. The maximum atomic E-state index is 12.3. The summed E-state index contributed by atoms with van der Waals surface area (Å²) in [6.45, 7) is 1.69. The number of hydrogen-bond donors (Lipinski definition) is 0. The molecule has 0 bridgehead atoms. The molecular weight excluding hydrogens is 364 g/mol. The number of rotatable bonds is 2. The van der Waals surface area contributed by atoms with Gasteiger partial charge in [0.1, 0.15) is 15.0 Å². The fraction of sp³-hybridized carbons (Fsp3) is 0.0500. The van der Waals surface area contributed by atoms with E-state index in [0.29, 0.717) is 16.1 Å². The normalized spacial score (nSPS) is 11.4. The quantitative estimate of drug-likeness (QED) is 0.408. The summed E-state index contributed by atoms with van der Waals surface area (Å²) in [6, 6.07) is 16.3. The minimum atomic E-state index is -0.354. The van der Waals surface area contributed by atoms with Crippen LogP contribution in [0.15, 0.2) is 63.1 Å². The summed E-state index contributed by atoms with van der Waals surface area (Å²) >= 11 is 2.99. The van der Waals surface area contributed by atoms with Gasteiger partial charge < -0.3 is 4.42 Å². The Labute approximate surface area is 156 Å². The molecule has 126 valence electrons. The van der Waals surface area contributed by atoms with E-state index in [1.807, 2.05) is 29.6 Å². The molecule has 4 nitrogen and oxygen atoms in total. The minimum Gasteiger partial charge on any atom is -0.408 e. The second kappa shape index (κ2) is 5.86. The third-order valence-corrected chi connectivity index (χ3v) is 6.14. The molecule has 5 rings (SSSR count). The number of pyridine rings is 1. The molecule has 0 N–H and O–H groups in total. The van der Waals surface area contributed by atoms with E-state index in [9.17, 15) is 4.79 Å². The number of fused-ring (bicyclic) bond motifs is 3. The van der Waals surface area contributed by atoms with Crippen LogP contribution in [0.25, 0.3) is 42.1 Å². The van der Waals surface area contributed by atoms with E-state index < -0.39 is 0 Å². The van der Waals surface area contributed by atoms with E-state index in [2.05, 4.69) is 29.2 Å². The topological polar surface area (TPSA) is 56.0 Å². The number of aryl methyl sites for hydroxylation is 1. The SMILES string of the molecule is Cc1nc2c(sc3nc(-c4cccs4)cc(-c4ccccc4)c32)c(=O)o1. The molecule has 6 heteroatoms. The van der Waals surface area contributed by atoms with Gasteiger partial charge in [-0.2, -0.15) is 0 Å². The van der Waals surface area contributed by atoms with E-state index in [4.69, 9.17) is 9.40 Å². The van der Waals surface area contributed by atoms with Crippen LogP contribution >= 0.6 is 22.7 Å². The zero-order valence-electron chi connectivity index (χ0n) is 13.7. The van der Waals surface area contributed by atoms with Crippen LogP contribution in [0.3, 0.4) is 0 Å². The molecule has 0 aliphatic rings. The van der Waals surface area contributed by atoms with Crippen LogP contribution < -0.4 is 5.63 Å². The van der Waals surface area contributed by atoms with E-state index in [1.54, 1.807) is 18.3 Å². The largest absolute Gasteiger partial charge is 0.408 e. The molecule has 0 spiro atoms. The third kappa shape index (κ3) is 2.38. The standard InChI is InChI=1S/C20H12N2O2S2/c1-11-21-17-16-13(12-6-3-2-4-7-12)10-14(15-8-5-9-25-15)22-19(16)26-18(17)20(23)24-11/h2-10H,1H3. The molecule has 0 atom stereocenters. The summed E-state index contributed by atoms with van der Waals surface area (Å²) in [5.41, 5.74) is 3.32. The van der Waals surface area contributed by atoms with E-state index >= 15 is 0 Å². The maximum Gasteiger partial charge on any atom is 0.357 e. The fourth-order valence-corrected chi connectivity index (χ4v) is 4.79. The van der Waals surface area contributed by atoms with Crippen molar-refractivity contribution in [3.8, 4) is 21.7 Å². The van der Waals surface area contributed by atoms with Crippen LogP contribution in [-0.2, 0) is 0 Å². The Morgan fingerprint density at radius 3 is 2.65 bits per heavy atom. The van der Waals surface area contributed by atoms with Crippen molar-refractivity contribution in [2.45, 2.75) is 6.92 Å². The summed E-state index contributed by atoms with van der Waals surface area (Å²) in [7, 11) is 0. The first-order valence-corrected chi connectivity index (χ1v) is 9.74. The van der Waals surface area contributed by atoms with Crippen molar-refractivity contribution in [3.63, 3.8) is 0 Å². The number of benzene rings is 1. The molecule has 4 aromatic heterocycles. The van der Waals surface area contributed by atoms with Gasteiger partial charge in [-0.1, -0.05) is 36.4 Å². The molecular formula is C20H12N2O2S2. The highest BCUT2D eigenvalue weighted by Gasteiger charge is 2.19. The maximum absolute atomic E-state index is 12.3. The van der Waals surface area contributed by atoms with Crippen molar-refractivity contribution < 1.29 is 4.42 Å². The Balaban J connectivity index is 1.96. The van der Waals surface area contributed by atoms with Crippen LogP contribution in [-0.4, -0.2) is 9.97 Å². The average molecular weight is 376 g/mol. The highest BCUT2D eigenvalue weighted by atomic mass is 32.1. The Morgan fingerprint density at radius 1 is 1.04 bits per heavy atom. The third-order valence-electron chi connectivity index (χ3n) is 4.19. The second-order valence-electron chi connectivity index (χ2n) is 5.88. The van der Waals surface area contributed by atoms with Crippen molar-refractivity contribution in [2.75, 3.05) is 0 Å². The Hall–Kier alpha value is -2.83. The molecule has 26 heavy (non-hydrogen) atoms. The lowest BCUT2D eigenvalue weighted by atomic mass is 10.0. The summed E-state index contributed by atoms with van der Waals surface area (Å²) < 4.78 is 5.70. The number of thiophene rings is 2. The molecule has 5 aromatic rings. The van der Waals surface area contributed by atoms with Crippen LogP contribution in [0.4, 0.5) is 0 Å². The van der Waals surface area contributed by atoms with Gasteiger partial charge in [0.2, 0.25) is 0 Å². The van der Waals surface area contributed by atoms with Crippen molar-refractivity contribution >= 4 is 43.1 Å². The van der Waals surface area contributed by atoms with Crippen molar-refractivity contribution in [3.05, 3.63) is 70.2 Å². The molecule has 0 aliphatic heterocycles. The molecule has 4 heterocycles. The number of aromatic nitrogens is 2. The molecule has 0 aliphatic carbocycles. The Kier molecular flexibility index (Phi) is 3.48. The number of hydrogen-bond acceptors (Lipinski definition) is 6. The predicted octanol–water partition coefficient (Wildman–Crippen LogP) is 5.50. The Morgan fingerprint density at radius 2 is 1.88 bits per heavy atom. The zero-order valence-corrected chi connectivity index (χ0v) is 15.4. The van der Waals surface area contributed by atoms with Gasteiger partial charge in [-0.05, 0) is 28.6 Å². The van der Waals surface area contributed by atoms with E-state index in [1.165, 1.54) is 11.3 Å². The van der Waals surface area contributed by atoms with Crippen molar-refractivity contribution in [2.24, 2.45) is 0 Å². The van der Waals surface area contributed by atoms with Crippen molar-refractivity contribution in [1.82, 2.24) is 9.97 Å². The summed E-state index contributed by atoms with van der Waals surface area (Å²) in [5.74, 6) is 0.364. The first-order chi connectivity index (χ1) is 12.7. The molecule has 1 aromatic carbocycles. The molecule has 0 fully saturated rings. The van der Waals surface area contributed by atoms with Gasteiger partial charge in [-0.3, -0.25) is 0 Å². The number of nitrogens with zero attached hydrogens (tertiary/aromatic N) is 2. The van der Waals surface area contributed by atoms with Crippen LogP contribution in [0.5, 0.6) is 0 Å². The summed E-state index contributed by atoms with van der Waals surface area (Å²) in [5, 5.41) is 2.95. The van der Waals surface area contributed by atoms with E-state index in [0.717, 1.165) is 31.9 Å². The van der Waals surface area contributed by atoms with Crippen LogP contribution in [0, 0.1) is 6.92 Å². The van der Waals surface area contributed by atoms with E-state index in [-0.39, 0.29) is 5.63 Å².